The Bertz CT molecular complexity index is 1150. The van der Waals surface area contributed by atoms with Crippen LogP contribution in [0.1, 0.15) is 69.9 Å². The van der Waals surface area contributed by atoms with E-state index in [9.17, 15) is 19.6 Å². The SMILES string of the molecule is CCOC(=O)C1(c2ccccc2)CCCC=C1C#N.CCOC(=O)C1(c2ccccc2)CCCCC1=O. The number of rotatable bonds is 6. The lowest BCUT2D eigenvalue weighted by atomic mass is 9.68. The van der Waals surface area contributed by atoms with E-state index in [4.69, 9.17) is 9.47 Å². The van der Waals surface area contributed by atoms with Gasteiger partial charge in [-0.1, -0.05) is 73.2 Å². The lowest BCUT2D eigenvalue weighted by Gasteiger charge is -2.34. The molecule has 4 rings (SSSR count). The number of Topliss-reactive ketones (excluding diaryl/α,β-unsaturated/α-hetero) is 1. The van der Waals surface area contributed by atoms with Crippen LogP contribution in [0, 0.1) is 11.3 Å². The summed E-state index contributed by atoms with van der Waals surface area (Å²) in [5, 5.41) is 9.38. The van der Waals surface area contributed by atoms with Gasteiger partial charge in [0.05, 0.1) is 19.3 Å². The molecule has 2 unspecified atom stereocenters. The number of hydrogen-bond donors (Lipinski definition) is 0. The van der Waals surface area contributed by atoms with Crippen molar-refractivity contribution in [2.45, 2.75) is 69.6 Å². The van der Waals surface area contributed by atoms with E-state index in [0.717, 1.165) is 36.8 Å². The molecule has 0 aromatic heterocycles. The third-order valence-corrected chi connectivity index (χ3v) is 7.15. The predicted octanol–water partition coefficient (Wildman–Crippen LogP) is 5.75. The molecule has 6 heteroatoms. The molecule has 0 radical (unpaired) electrons. The zero-order valence-corrected chi connectivity index (χ0v) is 21.7. The number of allylic oxidation sites excluding steroid dienone is 1. The molecule has 2 aromatic carbocycles. The summed E-state index contributed by atoms with van der Waals surface area (Å²) in [6, 6.07) is 21.0. The van der Waals surface area contributed by atoms with Crippen molar-refractivity contribution in [3.05, 3.63) is 83.4 Å². The first-order chi connectivity index (χ1) is 18.0. The van der Waals surface area contributed by atoms with Crippen molar-refractivity contribution >= 4 is 17.7 Å². The molecule has 194 valence electrons. The Labute approximate surface area is 219 Å². The molecule has 2 aromatic rings. The van der Waals surface area contributed by atoms with Gasteiger partial charge in [-0.3, -0.25) is 14.4 Å². The van der Waals surface area contributed by atoms with Gasteiger partial charge in [0.25, 0.3) is 0 Å². The Kier molecular flexibility index (Phi) is 9.79. The minimum Gasteiger partial charge on any atom is -0.465 e. The second-order valence-corrected chi connectivity index (χ2v) is 9.24. The number of esters is 2. The normalized spacial score (nSPS) is 22.9. The third-order valence-electron chi connectivity index (χ3n) is 7.15. The van der Waals surface area contributed by atoms with Crippen LogP contribution in [-0.2, 0) is 34.7 Å². The monoisotopic (exact) mass is 501 g/mol. The molecular weight excluding hydrogens is 466 g/mol. The highest BCUT2D eigenvalue weighted by atomic mass is 16.5. The third kappa shape index (κ3) is 5.67. The molecule has 1 saturated carbocycles. The van der Waals surface area contributed by atoms with Crippen molar-refractivity contribution in [2.75, 3.05) is 13.2 Å². The van der Waals surface area contributed by atoms with Gasteiger partial charge in [-0.2, -0.15) is 5.26 Å². The van der Waals surface area contributed by atoms with Crippen molar-refractivity contribution < 1.29 is 23.9 Å². The molecule has 0 aliphatic heterocycles. The maximum atomic E-state index is 12.5. The zero-order valence-electron chi connectivity index (χ0n) is 21.7. The van der Waals surface area contributed by atoms with Crippen LogP contribution in [0.4, 0.5) is 0 Å². The molecule has 0 N–H and O–H groups in total. The van der Waals surface area contributed by atoms with E-state index < -0.39 is 10.8 Å². The van der Waals surface area contributed by atoms with Crippen LogP contribution in [0.15, 0.2) is 72.3 Å². The zero-order chi connectivity index (χ0) is 26.7. The molecule has 1 fully saturated rings. The summed E-state index contributed by atoms with van der Waals surface area (Å²) in [4.78, 5) is 37.1. The van der Waals surface area contributed by atoms with E-state index in [2.05, 4.69) is 6.07 Å². The van der Waals surface area contributed by atoms with Crippen molar-refractivity contribution in [3.63, 3.8) is 0 Å². The van der Waals surface area contributed by atoms with Crippen molar-refractivity contribution in [2.24, 2.45) is 0 Å². The summed E-state index contributed by atoms with van der Waals surface area (Å²) in [5.74, 6) is -0.701. The van der Waals surface area contributed by atoms with Crippen LogP contribution in [-0.4, -0.2) is 30.9 Å². The molecule has 0 spiro atoms. The lowest BCUT2D eigenvalue weighted by molar-refractivity contribution is -0.156. The van der Waals surface area contributed by atoms with Crippen molar-refractivity contribution in [1.29, 1.82) is 5.26 Å². The van der Waals surface area contributed by atoms with Crippen LogP contribution < -0.4 is 0 Å². The fourth-order valence-electron chi connectivity index (χ4n) is 5.31. The summed E-state index contributed by atoms with van der Waals surface area (Å²) in [6.07, 6.45) is 7.02. The molecule has 0 heterocycles. The standard InChI is InChI=1S/C16H17NO2.C15H18O3/c1-2-19-15(18)16(13-8-4-3-5-9-13)11-7-6-10-14(16)12-17;1-2-18-14(17)15(11-7-6-10-13(15)16)12-8-4-3-5-9-12/h3-5,8-10H,2,6-7,11H2,1H3;3-5,8-9H,2,6-7,10-11H2,1H3. The van der Waals surface area contributed by atoms with E-state index in [1.165, 1.54) is 0 Å². The summed E-state index contributed by atoms with van der Waals surface area (Å²) >= 11 is 0. The Morgan fingerprint density at radius 3 is 1.84 bits per heavy atom. The lowest BCUT2D eigenvalue weighted by Crippen LogP contribution is -2.46. The second-order valence-electron chi connectivity index (χ2n) is 9.24. The number of nitrogens with zero attached hydrogens (tertiary/aromatic N) is 1. The van der Waals surface area contributed by atoms with E-state index >= 15 is 0 Å². The molecule has 0 bridgehead atoms. The molecule has 6 nitrogen and oxygen atoms in total. The number of carbonyl (C=O) groups is 3. The average molecular weight is 502 g/mol. The van der Waals surface area contributed by atoms with Gasteiger partial charge in [0.1, 0.15) is 5.41 Å². The number of hydrogen-bond acceptors (Lipinski definition) is 6. The van der Waals surface area contributed by atoms with Gasteiger partial charge in [0, 0.05) is 12.0 Å². The quantitative estimate of drug-likeness (QED) is 0.369. The van der Waals surface area contributed by atoms with Gasteiger partial charge in [0.15, 0.2) is 11.2 Å². The number of benzene rings is 2. The van der Waals surface area contributed by atoms with Gasteiger partial charge < -0.3 is 9.47 Å². The van der Waals surface area contributed by atoms with Crippen LogP contribution in [0.2, 0.25) is 0 Å². The molecule has 2 aliphatic rings. The molecule has 0 amide bonds. The van der Waals surface area contributed by atoms with Crippen LogP contribution in [0.5, 0.6) is 0 Å². The van der Waals surface area contributed by atoms with E-state index in [0.29, 0.717) is 38.0 Å². The van der Waals surface area contributed by atoms with E-state index in [1.54, 1.807) is 13.8 Å². The topological polar surface area (TPSA) is 93.5 Å². The summed E-state index contributed by atoms with van der Waals surface area (Å²) in [6.45, 7) is 4.19. The van der Waals surface area contributed by atoms with Crippen LogP contribution in [0.25, 0.3) is 0 Å². The maximum absolute atomic E-state index is 12.5. The van der Waals surface area contributed by atoms with Crippen molar-refractivity contribution in [1.82, 2.24) is 0 Å². The summed E-state index contributed by atoms with van der Waals surface area (Å²) in [7, 11) is 0. The van der Waals surface area contributed by atoms with Gasteiger partial charge in [-0.05, 0) is 57.1 Å². The highest BCUT2D eigenvalue weighted by Gasteiger charge is 2.49. The fourth-order valence-corrected chi connectivity index (χ4v) is 5.31. The molecule has 37 heavy (non-hydrogen) atoms. The first kappa shape index (κ1) is 27.9. The maximum Gasteiger partial charge on any atom is 0.324 e. The molecule has 2 aliphatic carbocycles. The highest BCUT2D eigenvalue weighted by molar-refractivity contribution is 6.10. The first-order valence-corrected chi connectivity index (χ1v) is 13.1. The smallest absolute Gasteiger partial charge is 0.324 e. The number of carbonyl (C=O) groups excluding carboxylic acids is 3. The summed E-state index contributed by atoms with van der Waals surface area (Å²) < 4.78 is 10.4. The molecule has 2 atom stereocenters. The Morgan fingerprint density at radius 2 is 1.32 bits per heavy atom. The fraction of sp³-hybridized carbons (Fsp3) is 0.419. The average Bonchev–Trinajstić information content (AvgIpc) is 2.95. The minimum atomic E-state index is -1.06. The van der Waals surface area contributed by atoms with Crippen LogP contribution in [0.3, 0.4) is 0 Å². The largest absolute Gasteiger partial charge is 0.465 e. The Balaban J connectivity index is 0.000000206. The Hall–Kier alpha value is -3.72. The van der Waals surface area contributed by atoms with E-state index in [-0.39, 0.29) is 17.7 Å². The van der Waals surface area contributed by atoms with Crippen molar-refractivity contribution in [3.8, 4) is 6.07 Å². The van der Waals surface area contributed by atoms with Crippen LogP contribution >= 0.6 is 0 Å². The first-order valence-electron chi connectivity index (χ1n) is 13.1. The van der Waals surface area contributed by atoms with Gasteiger partial charge in [-0.25, -0.2) is 0 Å². The second kappa shape index (κ2) is 13.0. The van der Waals surface area contributed by atoms with Gasteiger partial charge >= 0.3 is 11.9 Å². The predicted molar refractivity (Wildman–Crippen MR) is 141 cm³/mol. The number of nitriles is 1. The highest BCUT2D eigenvalue weighted by Crippen LogP contribution is 2.42. The number of ketones is 1. The summed E-state index contributed by atoms with van der Waals surface area (Å²) in [5.41, 5.74) is 0.164. The van der Waals surface area contributed by atoms with E-state index in [1.807, 2.05) is 66.7 Å². The van der Waals surface area contributed by atoms with Gasteiger partial charge in [-0.15, -0.1) is 0 Å². The molecular formula is C31H35NO5. The van der Waals surface area contributed by atoms with Gasteiger partial charge in [0.2, 0.25) is 0 Å². The number of ether oxygens (including phenoxy) is 2. The minimum absolute atomic E-state index is 0.00148. The Morgan fingerprint density at radius 1 is 0.811 bits per heavy atom. The molecule has 0 saturated heterocycles.